The zero-order valence-corrected chi connectivity index (χ0v) is 9.17. The summed E-state index contributed by atoms with van der Waals surface area (Å²) in [6.07, 6.45) is 2.52. The van der Waals surface area contributed by atoms with Crippen molar-refractivity contribution in [1.29, 1.82) is 5.26 Å². The number of nitriles is 1. The molecule has 1 aliphatic rings. The average molecular weight is 218 g/mol. The predicted octanol–water partition coefficient (Wildman–Crippen LogP) is 0.555. The maximum Gasteiger partial charge on any atom is 0.169 e. The number of hydrogen-bond acceptors (Lipinski definition) is 5. The molecule has 5 heteroatoms. The van der Waals surface area contributed by atoms with Gasteiger partial charge >= 0.3 is 0 Å². The Morgan fingerprint density at radius 3 is 3.19 bits per heavy atom. The molecule has 84 valence electrons. The zero-order chi connectivity index (χ0) is 11.5. The van der Waals surface area contributed by atoms with Crippen LogP contribution in [0.15, 0.2) is 12.3 Å². The van der Waals surface area contributed by atoms with Crippen LogP contribution in [0.25, 0.3) is 0 Å². The smallest absolute Gasteiger partial charge is 0.169 e. The van der Waals surface area contributed by atoms with E-state index in [-0.39, 0.29) is 12.6 Å². The molecule has 0 spiro atoms. The van der Waals surface area contributed by atoms with Crippen LogP contribution in [0.2, 0.25) is 0 Å². The molecule has 0 bridgehead atoms. The Balaban J connectivity index is 2.34. The van der Waals surface area contributed by atoms with Gasteiger partial charge in [-0.3, -0.25) is 0 Å². The van der Waals surface area contributed by atoms with Crippen LogP contribution in [-0.4, -0.2) is 34.5 Å². The number of aliphatic hydroxyl groups excluding tert-OH is 1. The van der Waals surface area contributed by atoms with Crippen molar-refractivity contribution in [2.24, 2.45) is 5.92 Å². The number of rotatable bonds is 2. The standard InChI is InChI=1S/C11H14N4O/c1-8-3-5-15(10(8)7-16)11-9(6-12)2-4-13-14-11/h2,4,8,10,16H,3,5,7H2,1H3. The Morgan fingerprint density at radius 2 is 2.50 bits per heavy atom. The molecule has 0 radical (unpaired) electrons. The predicted molar refractivity (Wildman–Crippen MR) is 58.7 cm³/mol. The average Bonchev–Trinajstić information content (AvgIpc) is 2.70. The van der Waals surface area contributed by atoms with Gasteiger partial charge in [0.15, 0.2) is 5.82 Å². The molecule has 2 rings (SSSR count). The second kappa shape index (κ2) is 4.45. The van der Waals surface area contributed by atoms with E-state index in [4.69, 9.17) is 5.26 Å². The van der Waals surface area contributed by atoms with E-state index in [1.54, 1.807) is 6.07 Å². The minimum atomic E-state index is 0.0452. The van der Waals surface area contributed by atoms with Crippen LogP contribution in [-0.2, 0) is 0 Å². The highest BCUT2D eigenvalue weighted by Crippen LogP contribution is 2.29. The fraction of sp³-hybridized carbons (Fsp3) is 0.545. The lowest BCUT2D eigenvalue weighted by Crippen LogP contribution is -2.36. The first-order valence-electron chi connectivity index (χ1n) is 5.37. The van der Waals surface area contributed by atoms with Gasteiger partial charge in [-0.25, -0.2) is 0 Å². The van der Waals surface area contributed by atoms with Gasteiger partial charge in [-0.15, -0.1) is 5.10 Å². The van der Waals surface area contributed by atoms with Gasteiger partial charge in [-0.1, -0.05) is 6.92 Å². The monoisotopic (exact) mass is 218 g/mol. The SMILES string of the molecule is CC1CCN(c2nnccc2C#N)C1CO. The Morgan fingerprint density at radius 1 is 1.69 bits per heavy atom. The Bertz CT molecular complexity index is 415. The molecule has 0 saturated carbocycles. The summed E-state index contributed by atoms with van der Waals surface area (Å²) in [6.45, 7) is 3.01. The fourth-order valence-corrected chi connectivity index (χ4v) is 2.17. The minimum absolute atomic E-state index is 0.0452. The van der Waals surface area contributed by atoms with Gasteiger partial charge in [0.2, 0.25) is 0 Å². The summed E-state index contributed by atoms with van der Waals surface area (Å²) in [5.74, 6) is 1.01. The summed E-state index contributed by atoms with van der Waals surface area (Å²) >= 11 is 0. The van der Waals surface area contributed by atoms with E-state index in [2.05, 4.69) is 23.2 Å². The second-order valence-corrected chi connectivity index (χ2v) is 4.09. The number of nitrogens with zero attached hydrogens (tertiary/aromatic N) is 4. The van der Waals surface area contributed by atoms with Crippen LogP contribution in [0.3, 0.4) is 0 Å². The van der Waals surface area contributed by atoms with E-state index < -0.39 is 0 Å². The lowest BCUT2D eigenvalue weighted by molar-refractivity contribution is 0.244. The number of aliphatic hydroxyl groups is 1. The molecule has 1 fully saturated rings. The van der Waals surface area contributed by atoms with Crippen molar-refractivity contribution in [2.75, 3.05) is 18.1 Å². The van der Waals surface area contributed by atoms with Crippen molar-refractivity contribution < 1.29 is 5.11 Å². The van der Waals surface area contributed by atoms with Crippen LogP contribution in [0.1, 0.15) is 18.9 Å². The molecule has 1 aliphatic heterocycles. The largest absolute Gasteiger partial charge is 0.394 e. The molecule has 2 atom stereocenters. The van der Waals surface area contributed by atoms with E-state index >= 15 is 0 Å². The number of hydrogen-bond donors (Lipinski definition) is 1. The molecule has 0 amide bonds. The van der Waals surface area contributed by atoms with E-state index in [9.17, 15) is 5.11 Å². The summed E-state index contributed by atoms with van der Waals surface area (Å²) in [6, 6.07) is 3.80. The molecule has 1 aromatic rings. The van der Waals surface area contributed by atoms with Crippen molar-refractivity contribution in [3.8, 4) is 6.07 Å². The van der Waals surface area contributed by atoms with Crippen molar-refractivity contribution in [3.05, 3.63) is 17.8 Å². The molecular formula is C11H14N4O. The molecule has 2 unspecified atom stereocenters. The van der Waals surface area contributed by atoms with Gasteiger partial charge in [0.1, 0.15) is 6.07 Å². The van der Waals surface area contributed by atoms with Gasteiger partial charge in [-0.05, 0) is 18.4 Å². The molecule has 2 heterocycles. The Kier molecular flexibility index (Phi) is 3.02. The van der Waals surface area contributed by atoms with Crippen molar-refractivity contribution in [1.82, 2.24) is 10.2 Å². The molecular weight excluding hydrogens is 204 g/mol. The third-order valence-corrected chi connectivity index (χ3v) is 3.16. The number of anilines is 1. The van der Waals surface area contributed by atoms with E-state index in [0.717, 1.165) is 13.0 Å². The van der Waals surface area contributed by atoms with Crippen molar-refractivity contribution >= 4 is 5.82 Å². The molecule has 5 nitrogen and oxygen atoms in total. The second-order valence-electron chi connectivity index (χ2n) is 4.09. The Labute approximate surface area is 94.3 Å². The lowest BCUT2D eigenvalue weighted by atomic mass is 10.0. The highest BCUT2D eigenvalue weighted by molar-refractivity contribution is 5.54. The van der Waals surface area contributed by atoms with Gasteiger partial charge in [-0.2, -0.15) is 10.4 Å². The van der Waals surface area contributed by atoms with Gasteiger partial charge in [0.25, 0.3) is 0 Å². The third kappa shape index (κ3) is 1.72. The first-order chi connectivity index (χ1) is 7.77. The summed E-state index contributed by atoms with van der Waals surface area (Å²) < 4.78 is 0. The molecule has 16 heavy (non-hydrogen) atoms. The van der Waals surface area contributed by atoms with Gasteiger partial charge in [0, 0.05) is 6.54 Å². The highest BCUT2D eigenvalue weighted by atomic mass is 16.3. The first kappa shape index (κ1) is 10.8. The quantitative estimate of drug-likeness (QED) is 0.785. The normalized spacial score (nSPS) is 24.4. The fourth-order valence-electron chi connectivity index (χ4n) is 2.17. The zero-order valence-electron chi connectivity index (χ0n) is 9.17. The maximum atomic E-state index is 9.36. The highest BCUT2D eigenvalue weighted by Gasteiger charge is 2.32. The molecule has 1 aromatic heterocycles. The first-order valence-corrected chi connectivity index (χ1v) is 5.37. The van der Waals surface area contributed by atoms with E-state index in [1.165, 1.54) is 6.20 Å². The van der Waals surface area contributed by atoms with Crippen LogP contribution < -0.4 is 4.90 Å². The van der Waals surface area contributed by atoms with Crippen molar-refractivity contribution in [3.63, 3.8) is 0 Å². The van der Waals surface area contributed by atoms with Crippen LogP contribution in [0.5, 0.6) is 0 Å². The topological polar surface area (TPSA) is 73.0 Å². The molecule has 1 saturated heterocycles. The molecule has 0 aromatic carbocycles. The maximum absolute atomic E-state index is 9.36. The van der Waals surface area contributed by atoms with Crippen LogP contribution in [0.4, 0.5) is 5.82 Å². The number of aromatic nitrogens is 2. The van der Waals surface area contributed by atoms with E-state index in [0.29, 0.717) is 17.3 Å². The lowest BCUT2D eigenvalue weighted by Gasteiger charge is -2.26. The summed E-state index contributed by atoms with van der Waals surface area (Å²) in [4.78, 5) is 1.98. The minimum Gasteiger partial charge on any atom is -0.394 e. The summed E-state index contributed by atoms with van der Waals surface area (Å²) in [5.41, 5.74) is 0.516. The Hall–Kier alpha value is -1.67. The summed E-state index contributed by atoms with van der Waals surface area (Å²) in [7, 11) is 0. The van der Waals surface area contributed by atoms with Crippen molar-refractivity contribution in [2.45, 2.75) is 19.4 Å². The third-order valence-electron chi connectivity index (χ3n) is 3.16. The summed E-state index contributed by atoms with van der Waals surface area (Å²) in [5, 5.41) is 26.2. The molecule has 0 aliphatic carbocycles. The van der Waals surface area contributed by atoms with Crippen LogP contribution >= 0.6 is 0 Å². The van der Waals surface area contributed by atoms with Gasteiger partial charge < -0.3 is 10.0 Å². The molecule has 1 N–H and O–H groups in total. The van der Waals surface area contributed by atoms with Gasteiger partial charge in [0.05, 0.1) is 24.4 Å². The van der Waals surface area contributed by atoms with E-state index in [1.807, 2.05) is 4.90 Å². The van der Waals surface area contributed by atoms with Crippen LogP contribution in [0, 0.1) is 17.2 Å².